The average molecular weight is 433 g/mol. The number of benzene rings is 2. The van der Waals surface area contributed by atoms with E-state index in [0.717, 1.165) is 19.4 Å². The van der Waals surface area contributed by atoms with Crippen LogP contribution in [-0.2, 0) is 11.3 Å². The van der Waals surface area contributed by atoms with E-state index in [9.17, 15) is 13.6 Å². The molecule has 1 amide bonds. The Labute approximate surface area is 176 Å². The van der Waals surface area contributed by atoms with E-state index in [1.807, 2.05) is 0 Å². The molecule has 0 bridgehead atoms. The van der Waals surface area contributed by atoms with Crippen LogP contribution in [0.2, 0.25) is 5.02 Å². The minimum Gasteiger partial charge on any atom is -0.338 e. The van der Waals surface area contributed by atoms with Gasteiger partial charge in [-0.1, -0.05) is 16.8 Å². The van der Waals surface area contributed by atoms with Crippen LogP contribution in [0.25, 0.3) is 11.4 Å². The first-order valence-corrected chi connectivity index (χ1v) is 9.92. The maximum Gasteiger partial charge on any atom is 0.241 e. The SMILES string of the molecule is O=C(Nc1ccc(F)c(Cl)c1)C1CCCN(Cc2nc(-c3ccc(F)cc3)no2)C1. The minimum atomic E-state index is -0.530. The summed E-state index contributed by atoms with van der Waals surface area (Å²) >= 11 is 5.77. The standard InChI is InChI=1S/C21H19ClF2N4O2/c22-17-10-16(7-8-18(17)24)25-21(29)14-2-1-9-28(11-14)12-19-26-20(27-30-19)13-3-5-15(23)6-4-13/h3-8,10,14H,1-2,9,11-12H2,(H,25,29). The zero-order chi connectivity index (χ0) is 21.1. The van der Waals surface area contributed by atoms with Crippen LogP contribution in [-0.4, -0.2) is 34.0 Å². The molecule has 1 aliphatic heterocycles. The van der Waals surface area contributed by atoms with Gasteiger partial charge in [0.25, 0.3) is 0 Å². The summed E-state index contributed by atoms with van der Waals surface area (Å²) < 4.78 is 31.7. The van der Waals surface area contributed by atoms with Gasteiger partial charge in [-0.25, -0.2) is 8.78 Å². The van der Waals surface area contributed by atoms with Crippen molar-refractivity contribution in [2.75, 3.05) is 18.4 Å². The van der Waals surface area contributed by atoms with Crippen molar-refractivity contribution in [2.24, 2.45) is 5.92 Å². The number of hydrogen-bond donors (Lipinski definition) is 1. The molecule has 2 heterocycles. The number of amides is 1. The molecule has 1 aromatic heterocycles. The highest BCUT2D eigenvalue weighted by molar-refractivity contribution is 6.31. The molecule has 0 aliphatic carbocycles. The fourth-order valence-corrected chi connectivity index (χ4v) is 3.64. The summed E-state index contributed by atoms with van der Waals surface area (Å²) in [7, 11) is 0. The first kappa shape index (κ1) is 20.4. The van der Waals surface area contributed by atoms with E-state index in [1.54, 1.807) is 12.1 Å². The molecule has 4 rings (SSSR count). The number of hydrogen-bond acceptors (Lipinski definition) is 5. The highest BCUT2D eigenvalue weighted by Gasteiger charge is 2.27. The van der Waals surface area contributed by atoms with Crippen molar-refractivity contribution in [2.45, 2.75) is 19.4 Å². The molecule has 2 aromatic carbocycles. The Kier molecular flexibility index (Phi) is 6.06. The van der Waals surface area contributed by atoms with Crippen LogP contribution in [0, 0.1) is 17.6 Å². The first-order chi connectivity index (χ1) is 14.5. The lowest BCUT2D eigenvalue weighted by molar-refractivity contribution is -0.121. The molecule has 1 N–H and O–H groups in total. The number of piperidine rings is 1. The lowest BCUT2D eigenvalue weighted by Crippen LogP contribution is -2.40. The fraction of sp³-hybridized carbons (Fsp3) is 0.286. The second kappa shape index (κ2) is 8.89. The van der Waals surface area contributed by atoms with Gasteiger partial charge in [0.1, 0.15) is 11.6 Å². The summed E-state index contributed by atoms with van der Waals surface area (Å²) in [5.74, 6) is -0.395. The van der Waals surface area contributed by atoms with Crippen molar-refractivity contribution >= 4 is 23.2 Å². The molecule has 1 saturated heterocycles. The van der Waals surface area contributed by atoms with Crippen LogP contribution in [0.15, 0.2) is 47.0 Å². The number of likely N-dealkylation sites (tertiary alicyclic amines) is 1. The van der Waals surface area contributed by atoms with Gasteiger partial charge in [-0.3, -0.25) is 9.69 Å². The van der Waals surface area contributed by atoms with Gasteiger partial charge in [0.15, 0.2) is 0 Å². The van der Waals surface area contributed by atoms with Crippen molar-refractivity contribution in [1.29, 1.82) is 0 Å². The zero-order valence-corrected chi connectivity index (χ0v) is 16.7. The Morgan fingerprint density at radius 2 is 2.03 bits per heavy atom. The van der Waals surface area contributed by atoms with Gasteiger partial charge in [-0.15, -0.1) is 0 Å². The van der Waals surface area contributed by atoms with E-state index in [4.69, 9.17) is 16.1 Å². The Balaban J connectivity index is 1.36. The topological polar surface area (TPSA) is 71.3 Å². The van der Waals surface area contributed by atoms with Gasteiger partial charge in [0, 0.05) is 17.8 Å². The van der Waals surface area contributed by atoms with Crippen molar-refractivity contribution in [3.8, 4) is 11.4 Å². The van der Waals surface area contributed by atoms with Crippen LogP contribution in [0.5, 0.6) is 0 Å². The van der Waals surface area contributed by atoms with Crippen LogP contribution in [0.3, 0.4) is 0 Å². The summed E-state index contributed by atoms with van der Waals surface area (Å²) in [5.41, 5.74) is 1.13. The molecule has 9 heteroatoms. The predicted molar refractivity (Wildman–Crippen MR) is 108 cm³/mol. The van der Waals surface area contributed by atoms with E-state index in [2.05, 4.69) is 20.4 Å². The van der Waals surface area contributed by atoms with E-state index >= 15 is 0 Å². The summed E-state index contributed by atoms with van der Waals surface area (Å²) in [6, 6.07) is 9.96. The molecule has 3 aromatic rings. The Bertz CT molecular complexity index is 1040. The maximum absolute atomic E-state index is 13.3. The van der Waals surface area contributed by atoms with Gasteiger partial charge in [-0.05, 0) is 61.9 Å². The molecule has 1 fully saturated rings. The van der Waals surface area contributed by atoms with Gasteiger partial charge in [-0.2, -0.15) is 4.98 Å². The molecule has 1 aliphatic rings. The van der Waals surface area contributed by atoms with Crippen molar-refractivity contribution in [3.05, 3.63) is 65.0 Å². The van der Waals surface area contributed by atoms with E-state index in [-0.39, 0.29) is 22.7 Å². The molecule has 1 atom stereocenters. The molecule has 156 valence electrons. The second-order valence-corrected chi connectivity index (χ2v) is 7.62. The number of halogens is 3. The molecule has 0 saturated carbocycles. The summed E-state index contributed by atoms with van der Waals surface area (Å²) in [6.45, 7) is 1.76. The Morgan fingerprint density at radius 3 is 2.80 bits per heavy atom. The molecule has 0 radical (unpaired) electrons. The van der Waals surface area contributed by atoms with Crippen LogP contribution >= 0.6 is 11.6 Å². The number of carbonyl (C=O) groups excluding carboxylic acids is 1. The van der Waals surface area contributed by atoms with Gasteiger partial charge in [0.2, 0.25) is 17.6 Å². The average Bonchev–Trinajstić information content (AvgIpc) is 3.20. The normalized spacial score (nSPS) is 17.1. The smallest absolute Gasteiger partial charge is 0.241 e. The van der Waals surface area contributed by atoms with Crippen molar-refractivity contribution < 1.29 is 18.1 Å². The first-order valence-electron chi connectivity index (χ1n) is 9.55. The quantitative estimate of drug-likeness (QED) is 0.642. The third-order valence-electron chi connectivity index (χ3n) is 4.99. The van der Waals surface area contributed by atoms with Gasteiger partial charge in [0.05, 0.1) is 17.5 Å². The van der Waals surface area contributed by atoms with Crippen molar-refractivity contribution in [1.82, 2.24) is 15.0 Å². The molecule has 30 heavy (non-hydrogen) atoms. The van der Waals surface area contributed by atoms with Crippen LogP contribution in [0.1, 0.15) is 18.7 Å². The number of aromatic nitrogens is 2. The summed E-state index contributed by atoms with van der Waals surface area (Å²) in [5, 5.41) is 6.71. The molecule has 6 nitrogen and oxygen atoms in total. The molecule has 0 spiro atoms. The van der Waals surface area contributed by atoms with Crippen LogP contribution < -0.4 is 5.32 Å². The van der Waals surface area contributed by atoms with Crippen molar-refractivity contribution in [3.63, 3.8) is 0 Å². The lowest BCUT2D eigenvalue weighted by Gasteiger charge is -2.30. The Hall–Kier alpha value is -2.84. The highest BCUT2D eigenvalue weighted by Crippen LogP contribution is 2.23. The molecular formula is C21H19ClF2N4O2. The highest BCUT2D eigenvalue weighted by atomic mass is 35.5. The van der Waals surface area contributed by atoms with E-state index < -0.39 is 5.82 Å². The third-order valence-corrected chi connectivity index (χ3v) is 5.28. The fourth-order valence-electron chi connectivity index (χ4n) is 3.46. The number of carbonyl (C=O) groups is 1. The third kappa shape index (κ3) is 4.83. The number of rotatable bonds is 5. The summed E-state index contributed by atoms with van der Waals surface area (Å²) in [4.78, 5) is 19.1. The number of nitrogens with zero attached hydrogens (tertiary/aromatic N) is 3. The molecule has 1 unspecified atom stereocenters. The largest absolute Gasteiger partial charge is 0.338 e. The van der Waals surface area contributed by atoms with Crippen LogP contribution in [0.4, 0.5) is 14.5 Å². The monoisotopic (exact) mass is 432 g/mol. The molecular weight excluding hydrogens is 414 g/mol. The number of anilines is 1. The maximum atomic E-state index is 13.3. The number of nitrogens with one attached hydrogen (secondary N) is 1. The predicted octanol–water partition coefficient (Wildman–Crippen LogP) is 4.52. The summed E-state index contributed by atoms with van der Waals surface area (Å²) in [6.07, 6.45) is 1.60. The van der Waals surface area contributed by atoms with Gasteiger partial charge < -0.3 is 9.84 Å². The zero-order valence-electron chi connectivity index (χ0n) is 15.9. The van der Waals surface area contributed by atoms with E-state index in [1.165, 1.54) is 30.3 Å². The minimum absolute atomic E-state index is 0.0357. The Morgan fingerprint density at radius 1 is 1.23 bits per heavy atom. The van der Waals surface area contributed by atoms with Gasteiger partial charge >= 0.3 is 0 Å². The van der Waals surface area contributed by atoms with E-state index in [0.29, 0.717) is 36.1 Å². The lowest BCUT2D eigenvalue weighted by atomic mass is 9.97. The second-order valence-electron chi connectivity index (χ2n) is 7.21.